The van der Waals surface area contributed by atoms with E-state index in [9.17, 15) is 4.79 Å². The molecule has 1 unspecified atom stereocenters. The highest BCUT2D eigenvalue weighted by Crippen LogP contribution is 2.21. The van der Waals surface area contributed by atoms with Crippen LogP contribution in [0.4, 0.5) is 0 Å². The van der Waals surface area contributed by atoms with E-state index in [2.05, 4.69) is 20.3 Å². The molecule has 1 fully saturated rings. The fourth-order valence-corrected chi connectivity index (χ4v) is 2.65. The molecule has 0 radical (unpaired) electrons. The molecule has 1 aliphatic heterocycles. The maximum Gasteiger partial charge on any atom is 0.305 e. The minimum absolute atomic E-state index is 0.00877. The van der Waals surface area contributed by atoms with Gasteiger partial charge in [-0.3, -0.25) is 14.5 Å². The van der Waals surface area contributed by atoms with E-state index in [1.807, 2.05) is 26.4 Å². The number of hydrogen-bond donors (Lipinski definition) is 1. The van der Waals surface area contributed by atoms with Crippen molar-refractivity contribution in [2.45, 2.75) is 25.9 Å². The molecule has 2 heterocycles. The highest BCUT2D eigenvalue weighted by molar-refractivity contribution is 5.80. The van der Waals surface area contributed by atoms with E-state index in [-0.39, 0.29) is 12.1 Å². The molecule has 1 N–H and O–H groups in total. The molecule has 1 aliphatic rings. The van der Waals surface area contributed by atoms with Crippen molar-refractivity contribution in [3.05, 3.63) is 18.0 Å². The van der Waals surface area contributed by atoms with Gasteiger partial charge in [0, 0.05) is 45.4 Å². The number of guanidine groups is 1. The van der Waals surface area contributed by atoms with Gasteiger partial charge in [0.1, 0.15) is 6.10 Å². The summed E-state index contributed by atoms with van der Waals surface area (Å²) in [5, 5.41) is 7.51. The minimum Gasteiger partial charge on any atom is -0.466 e. The summed E-state index contributed by atoms with van der Waals surface area (Å²) in [5.74, 6) is 0.674. The lowest BCUT2D eigenvalue weighted by Crippen LogP contribution is -2.48. The minimum atomic E-state index is -0.155. The first-order valence-electron chi connectivity index (χ1n) is 8.35. The molecule has 1 atom stereocenters. The van der Waals surface area contributed by atoms with Crippen LogP contribution in [-0.2, 0) is 21.3 Å². The molecular formula is C16H27N5O3. The van der Waals surface area contributed by atoms with E-state index in [4.69, 9.17) is 9.47 Å². The zero-order chi connectivity index (χ0) is 17.4. The predicted octanol–water partition coefficient (Wildman–Crippen LogP) is 0.712. The molecular weight excluding hydrogens is 310 g/mol. The molecule has 134 valence electrons. The van der Waals surface area contributed by atoms with E-state index < -0.39 is 0 Å². The number of nitrogens with one attached hydrogen (secondary N) is 1. The molecule has 8 heteroatoms. The number of morpholine rings is 1. The molecule has 0 aliphatic carbocycles. The highest BCUT2D eigenvalue weighted by Gasteiger charge is 2.25. The van der Waals surface area contributed by atoms with Crippen LogP contribution >= 0.6 is 0 Å². The van der Waals surface area contributed by atoms with E-state index in [0.717, 1.165) is 24.6 Å². The van der Waals surface area contributed by atoms with Crippen LogP contribution in [0.2, 0.25) is 0 Å². The van der Waals surface area contributed by atoms with E-state index in [1.54, 1.807) is 11.7 Å². The number of nitrogens with zero attached hydrogens (tertiary/aromatic N) is 4. The van der Waals surface area contributed by atoms with Crippen molar-refractivity contribution in [1.29, 1.82) is 0 Å². The van der Waals surface area contributed by atoms with Gasteiger partial charge in [0.25, 0.3) is 0 Å². The maximum absolute atomic E-state index is 11.3. The SMILES string of the molecule is CCOC(=O)CCCNC(=NC)N1CCOC(c2cnn(C)c2)C1. The van der Waals surface area contributed by atoms with Crippen molar-refractivity contribution < 1.29 is 14.3 Å². The zero-order valence-corrected chi connectivity index (χ0v) is 14.7. The Labute approximate surface area is 142 Å². The topological polar surface area (TPSA) is 81.0 Å². The summed E-state index contributed by atoms with van der Waals surface area (Å²) in [4.78, 5) is 17.9. The summed E-state index contributed by atoms with van der Waals surface area (Å²) in [5.41, 5.74) is 1.07. The van der Waals surface area contributed by atoms with Crippen LogP contribution < -0.4 is 5.32 Å². The molecule has 0 aromatic carbocycles. The molecule has 0 saturated carbocycles. The Balaban J connectivity index is 1.80. The summed E-state index contributed by atoms with van der Waals surface area (Å²) < 4.78 is 12.5. The van der Waals surface area contributed by atoms with E-state index >= 15 is 0 Å². The molecule has 1 saturated heterocycles. The fourth-order valence-electron chi connectivity index (χ4n) is 2.65. The third-order valence-corrected chi connectivity index (χ3v) is 3.82. The van der Waals surface area contributed by atoms with Crippen molar-refractivity contribution in [3.8, 4) is 0 Å². The van der Waals surface area contributed by atoms with Gasteiger partial charge in [0.2, 0.25) is 0 Å². The Morgan fingerprint density at radius 3 is 3.08 bits per heavy atom. The second kappa shape index (κ2) is 9.27. The van der Waals surface area contributed by atoms with E-state index in [0.29, 0.717) is 32.6 Å². The molecule has 1 aromatic rings. The van der Waals surface area contributed by atoms with Crippen molar-refractivity contribution in [3.63, 3.8) is 0 Å². The van der Waals surface area contributed by atoms with Crippen LogP contribution in [0.25, 0.3) is 0 Å². The van der Waals surface area contributed by atoms with Gasteiger partial charge in [-0.05, 0) is 13.3 Å². The lowest BCUT2D eigenvalue weighted by atomic mass is 10.1. The Bertz CT molecular complexity index is 558. The second-order valence-electron chi connectivity index (χ2n) is 5.64. The van der Waals surface area contributed by atoms with Crippen LogP contribution in [-0.4, -0.2) is 66.5 Å². The standard InChI is InChI=1S/C16H27N5O3/c1-4-23-15(22)6-5-7-18-16(17-2)21-8-9-24-14(12-21)13-10-19-20(3)11-13/h10-11,14H,4-9,12H2,1-3H3,(H,17,18). The lowest BCUT2D eigenvalue weighted by molar-refractivity contribution is -0.143. The van der Waals surface area contributed by atoms with Gasteiger partial charge < -0.3 is 19.7 Å². The number of esters is 1. The molecule has 1 aromatic heterocycles. The van der Waals surface area contributed by atoms with Gasteiger partial charge in [0.05, 0.1) is 26.0 Å². The number of ether oxygens (including phenoxy) is 2. The first-order valence-corrected chi connectivity index (χ1v) is 8.35. The first kappa shape index (κ1) is 18.3. The quantitative estimate of drug-likeness (QED) is 0.356. The van der Waals surface area contributed by atoms with Crippen LogP contribution in [0.3, 0.4) is 0 Å². The third kappa shape index (κ3) is 5.23. The normalized spacial score (nSPS) is 18.5. The number of carbonyl (C=O) groups excluding carboxylic acids is 1. The van der Waals surface area contributed by atoms with Gasteiger partial charge in [-0.2, -0.15) is 5.10 Å². The van der Waals surface area contributed by atoms with Crippen LogP contribution in [0, 0.1) is 0 Å². The Hall–Kier alpha value is -2.09. The summed E-state index contributed by atoms with van der Waals surface area (Å²) in [6.07, 6.45) is 4.94. The number of aromatic nitrogens is 2. The Morgan fingerprint density at radius 2 is 2.42 bits per heavy atom. The summed E-state index contributed by atoms with van der Waals surface area (Å²) >= 11 is 0. The molecule has 2 rings (SSSR count). The van der Waals surface area contributed by atoms with Crippen LogP contribution in [0.5, 0.6) is 0 Å². The Morgan fingerprint density at radius 1 is 1.58 bits per heavy atom. The molecule has 8 nitrogen and oxygen atoms in total. The average Bonchev–Trinajstić information content (AvgIpc) is 3.02. The number of aryl methyl sites for hydroxylation is 1. The van der Waals surface area contributed by atoms with Crippen molar-refractivity contribution in [2.75, 3.05) is 39.9 Å². The number of hydrogen-bond acceptors (Lipinski definition) is 5. The van der Waals surface area contributed by atoms with E-state index in [1.165, 1.54) is 0 Å². The monoisotopic (exact) mass is 337 g/mol. The second-order valence-corrected chi connectivity index (χ2v) is 5.64. The van der Waals surface area contributed by atoms with Crippen LogP contribution in [0.1, 0.15) is 31.4 Å². The summed E-state index contributed by atoms with van der Waals surface area (Å²) in [7, 11) is 3.66. The fraction of sp³-hybridized carbons (Fsp3) is 0.688. The molecule has 0 amide bonds. The number of rotatable bonds is 6. The Kier molecular flexibility index (Phi) is 7.05. The zero-order valence-electron chi connectivity index (χ0n) is 14.7. The number of carbonyl (C=O) groups is 1. The first-order chi connectivity index (χ1) is 11.6. The smallest absolute Gasteiger partial charge is 0.305 e. The van der Waals surface area contributed by atoms with Gasteiger partial charge in [0.15, 0.2) is 5.96 Å². The predicted molar refractivity (Wildman–Crippen MR) is 90.7 cm³/mol. The highest BCUT2D eigenvalue weighted by atomic mass is 16.5. The van der Waals surface area contributed by atoms with Crippen molar-refractivity contribution >= 4 is 11.9 Å². The largest absolute Gasteiger partial charge is 0.466 e. The van der Waals surface area contributed by atoms with Gasteiger partial charge in [-0.1, -0.05) is 0 Å². The molecule has 0 bridgehead atoms. The lowest BCUT2D eigenvalue weighted by Gasteiger charge is -2.34. The molecule has 0 spiro atoms. The average molecular weight is 337 g/mol. The summed E-state index contributed by atoms with van der Waals surface area (Å²) in [6, 6.07) is 0. The third-order valence-electron chi connectivity index (χ3n) is 3.82. The van der Waals surface area contributed by atoms with Gasteiger partial charge >= 0.3 is 5.97 Å². The van der Waals surface area contributed by atoms with Gasteiger partial charge in [-0.15, -0.1) is 0 Å². The summed E-state index contributed by atoms with van der Waals surface area (Å²) in [6.45, 7) is 5.08. The molecule has 24 heavy (non-hydrogen) atoms. The van der Waals surface area contributed by atoms with Crippen LogP contribution in [0.15, 0.2) is 17.4 Å². The number of aliphatic imine (C=N–C) groups is 1. The van der Waals surface area contributed by atoms with Crippen molar-refractivity contribution in [1.82, 2.24) is 20.0 Å². The van der Waals surface area contributed by atoms with Gasteiger partial charge in [-0.25, -0.2) is 0 Å². The van der Waals surface area contributed by atoms with Crippen molar-refractivity contribution in [2.24, 2.45) is 12.0 Å². The maximum atomic E-state index is 11.3.